The molecule has 0 saturated heterocycles. The van der Waals surface area contributed by atoms with Crippen molar-refractivity contribution in [2.24, 2.45) is 0 Å². The molecule has 2 aromatic rings. The summed E-state index contributed by atoms with van der Waals surface area (Å²) < 4.78 is 10.4. The van der Waals surface area contributed by atoms with Gasteiger partial charge >= 0.3 is 0 Å². The molecule has 2 rings (SSSR count). The van der Waals surface area contributed by atoms with Gasteiger partial charge in [-0.2, -0.15) is 0 Å². The van der Waals surface area contributed by atoms with Gasteiger partial charge < -0.3 is 14.6 Å². The quantitative estimate of drug-likeness (QED) is 0.595. The van der Waals surface area contributed by atoms with Crippen molar-refractivity contribution in [1.82, 2.24) is 0 Å². The van der Waals surface area contributed by atoms with Gasteiger partial charge in [-0.05, 0) is 23.9 Å². The fourth-order valence-electron chi connectivity index (χ4n) is 1.97. The number of ether oxygens (including phenoxy) is 2. The Kier molecular flexibility index (Phi) is 6.18. The molecule has 0 aromatic heterocycles. The van der Waals surface area contributed by atoms with E-state index in [0.717, 1.165) is 29.6 Å². The van der Waals surface area contributed by atoms with E-state index in [1.807, 2.05) is 30.3 Å². The molecule has 3 nitrogen and oxygen atoms in total. The lowest BCUT2D eigenvalue weighted by Crippen LogP contribution is -2.03. The van der Waals surface area contributed by atoms with Gasteiger partial charge in [0, 0.05) is 29.8 Å². The second-order valence-electron chi connectivity index (χ2n) is 4.44. The number of phenols is 1. The molecule has 0 aliphatic carbocycles. The van der Waals surface area contributed by atoms with Crippen LogP contribution in [0.3, 0.4) is 0 Å². The maximum atomic E-state index is 9.85. The van der Waals surface area contributed by atoms with Crippen LogP contribution in [-0.2, 0) is 9.47 Å². The van der Waals surface area contributed by atoms with Crippen molar-refractivity contribution >= 4 is 22.5 Å². The summed E-state index contributed by atoms with van der Waals surface area (Å²) >= 11 is 1.80. The summed E-state index contributed by atoms with van der Waals surface area (Å²) in [6.07, 6.45) is 1.00. The van der Waals surface area contributed by atoms with E-state index in [1.54, 1.807) is 24.9 Å². The van der Waals surface area contributed by atoms with E-state index in [-0.39, 0.29) is 0 Å². The maximum Gasteiger partial charge on any atom is 0.123 e. The number of hydrogen-bond acceptors (Lipinski definition) is 4. The van der Waals surface area contributed by atoms with Gasteiger partial charge in [0.1, 0.15) is 5.75 Å². The maximum absolute atomic E-state index is 9.85. The molecule has 0 heterocycles. The Hall–Kier alpha value is -1.23. The molecular formula is C16H20O3S. The number of thioether (sulfide) groups is 1. The van der Waals surface area contributed by atoms with Crippen LogP contribution in [0.15, 0.2) is 41.3 Å². The Morgan fingerprint density at radius 3 is 2.60 bits per heavy atom. The van der Waals surface area contributed by atoms with Gasteiger partial charge in [0.2, 0.25) is 0 Å². The summed E-state index contributed by atoms with van der Waals surface area (Å²) in [5.74, 6) is 1.34. The van der Waals surface area contributed by atoms with Gasteiger partial charge in [-0.15, -0.1) is 11.8 Å². The van der Waals surface area contributed by atoms with Crippen molar-refractivity contribution < 1.29 is 14.6 Å². The number of fused-ring (bicyclic) bond motifs is 1. The molecule has 108 valence electrons. The monoisotopic (exact) mass is 292 g/mol. The Morgan fingerprint density at radius 1 is 1.00 bits per heavy atom. The SMILES string of the molecule is COCCOCCCSc1ccc(O)c2ccccc12. The molecule has 0 bridgehead atoms. The Morgan fingerprint density at radius 2 is 1.80 bits per heavy atom. The van der Waals surface area contributed by atoms with Gasteiger partial charge in [-0.3, -0.25) is 0 Å². The fourth-order valence-corrected chi connectivity index (χ4v) is 2.95. The van der Waals surface area contributed by atoms with Gasteiger partial charge in [-0.25, -0.2) is 0 Å². The van der Waals surface area contributed by atoms with Crippen LogP contribution in [0, 0.1) is 0 Å². The highest BCUT2D eigenvalue weighted by Gasteiger charge is 2.04. The average molecular weight is 292 g/mol. The highest BCUT2D eigenvalue weighted by molar-refractivity contribution is 7.99. The molecule has 20 heavy (non-hydrogen) atoms. The van der Waals surface area contributed by atoms with Crippen LogP contribution < -0.4 is 0 Å². The summed E-state index contributed by atoms with van der Waals surface area (Å²) in [5.41, 5.74) is 0. The lowest BCUT2D eigenvalue weighted by Gasteiger charge is -2.08. The van der Waals surface area contributed by atoms with Gasteiger partial charge in [0.25, 0.3) is 0 Å². The summed E-state index contributed by atoms with van der Waals surface area (Å²) in [7, 11) is 1.68. The molecular weight excluding hydrogens is 272 g/mol. The van der Waals surface area contributed by atoms with Crippen LogP contribution in [0.5, 0.6) is 5.75 Å². The molecule has 0 saturated carbocycles. The smallest absolute Gasteiger partial charge is 0.123 e. The standard InChI is InChI=1S/C16H20O3S/c1-18-10-11-19-9-4-12-20-16-8-7-15(17)13-5-2-3-6-14(13)16/h2-3,5-8,17H,4,9-12H2,1H3. The molecule has 0 aliphatic heterocycles. The minimum Gasteiger partial charge on any atom is -0.507 e. The summed E-state index contributed by atoms with van der Waals surface area (Å²) in [6.45, 7) is 2.06. The predicted molar refractivity (Wildman–Crippen MR) is 83.6 cm³/mol. The van der Waals surface area contributed by atoms with Crippen LogP contribution in [0.2, 0.25) is 0 Å². The third-order valence-corrected chi connectivity index (χ3v) is 4.14. The highest BCUT2D eigenvalue weighted by Crippen LogP contribution is 2.33. The minimum absolute atomic E-state index is 0.341. The van der Waals surface area contributed by atoms with Crippen molar-refractivity contribution in [3.63, 3.8) is 0 Å². The Bertz CT molecular complexity index is 542. The Balaban J connectivity index is 1.86. The molecule has 0 spiro atoms. The number of rotatable bonds is 8. The van der Waals surface area contributed by atoms with Gasteiger partial charge in [0.05, 0.1) is 13.2 Å². The zero-order chi connectivity index (χ0) is 14.2. The van der Waals surface area contributed by atoms with Crippen LogP contribution in [0.1, 0.15) is 6.42 Å². The number of aromatic hydroxyl groups is 1. The molecule has 0 fully saturated rings. The Labute approximate surface area is 123 Å². The summed E-state index contributed by atoms with van der Waals surface area (Å²) in [4.78, 5) is 1.20. The third kappa shape index (κ3) is 4.13. The molecule has 2 aromatic carbocycles. The second kappa shape index (κ2) is 8.15. The van der Waals surface area contributed by atoms with Crippen molar-refractivity contribution in [1.29, 1.82) is 0 Å². The largest absolute Gasteiger partial charge is 0.507 e. The topological polar surface area (TPSA) is 38.7 Å². The van der Waals surface area contributed by atoms with Crippen molar-refractivity contribution in [2.45, 2.75) is 11.3 Å². The third-order valence-electron chi connectivity index (χ3n) is 2.98. The zero-order valence-electron chi connectivity index (χ0n) is 11.7. The number of methoxy groups -OCH3 is 1. The second-order valence-corrected chi connectivity index (χ2v) is 5.57. The van der Waals surface area contributed by atoms with Crippen molar-refractivity contribution in [2.75, 3.05) is 32.7 Å². The van der Waals surface area contributed by atoms with Crippen LogP contribution in [-0.4, -0.2) is 37.8 Å². The normalized spacial score (nSPS) is 11.1. The number of benzene rings is 2. The van der Waals surface area contributed by atoms with E-state index in [9.17, 15) is 5.11 Å². The van der Waals surface area contributed by atoms with Gasteiger partial charge in [0.15, 0.2) is 0 Å². The van der Waals surface area contributed by atoms with Crippen LogP contribution in [0.4, 0.5) is 0 Å². The predicted octanol–water partition coefficient (Wildman–Crippen LogP) is 3.69. The molecule has 0 atom stereocenters. The minimum atomic E-state index is 0.341. The van der Waals surface area contributed by atoms with E-state index in [1.165, 1.54) is 4.90 Å². The van der Waals surface area contributed by atoms with E-state index < -0.39 is 0 Å². The summed E-state index contributed by atoms with van der Waals surface area (Å²) in [5, 5.41) is 11.9. The first-order chi connectivity index (χ1) is 9.83. The fraction of sp³-hybridized carbons (Fsp3) is 0.375. The molecule has 1 N–H and O–H groups in total. The lowest BCUT2D eigenvalue weighted by atomic mass is 10.1. The highest BCUT2D eigenvalue weighted by atomic mass is 32.2. The number of hydrogen-bond donors (Lipinski definition) is 1. The first-order valence-electron chi connectivity index (χ1n) is 6.73. The molecule has 0 aliphatic rings. The van der Waals surface area contributed by atoms with Gasteiger partial charge in [-0.1, -0.05) is 24.3 Å². The zero-order valence-corrected chi connectivity index (χ0v) is 12.5. The van der Waals surface area contributed by atoms with Crippen molar-refractivity contribution in [3.8, 4) is 5.75 Å². The van der Waals surface area contributed by atoms with E-state index in [0.29, 0.717) is 19.0 Å². The molecule has 0 amide bonds. The average Bonchev–Trinajstić information content (AvgIpc) is 2.49. The van der Waals surface area contributed by atoms with Crippen LogP contribution in [0.25, 0.3) is 10.8 Å². The summed E-state index contributed by atoms with van der Waals surface area (Å²) in [6, 6.07) is 11.7. The number of phenolic OH excluding ortho intramolecular Hbond substituents is 1. The van der Waals surface area contributed by atoms with E-state index in [4.69, 9.17) is 9.47 Å². The van der Waals surface area contributed by atoms with Crippen LogP contribution >= 0.6 is 11.8 Å². The van der Waals surface area contributed by atoms with Crippen molar-refractivity contribution in [3.05, 3.63) is 36.4 Å². The van der Waals surface area contributed by atoms with E-state index >= 15 is 0 Å². The molecule has 0 radical (unpaired) electrons. The lowest BCUT2D eigenvalue weighted by molar-refractivity contribution is 0.0713. The van der Waals surface area contributed by atoms with E-state index in [2.05, 4.69) is 0 Å². The molecule has 4 heteroatoms. The molecule has 0 unspecified atom stereocenters. The first kappa shape index (κ1) is 15.2. The first-order valence-corrected chi connectivity index (χ1v) is 7.71.